The fraction of sp³-hybridized carbons (Fsp3) is 0.333. The second-order valence-electron chi connectivity index (χ2n) is 6.22. The van der Waals surface area contributed by atoms with Gasteiger partial charge in [0.25, 0.3) is 5.91 Å². The fourth-order valence-corrected chi connectivity index (χ4v) is 2.73. The van der Waals surface area contributed by atoms with Crippen molar-refractivity contribution >= 4 is 47.4 Å². The molecule has 0 aromatic heterocycles. The molecule has 0 saturated carbocycles. The lowest BCUT2D eigenvalue weighted by atomic mass is 10.2. The van der Waals surface area contributed by atoms with Gasteiger partial charge in [-0.25, -0.2) is 0 Å². The van der Waals surface area contributed by atoms with Crippen molar-refractivity contribution in [2.45, 2.75) is 13.0 Å². The highest BCUT2D eigenvalue weighted by Crippen LogP contribution is 2.19. The number of benzene rings is 2. The molecule has 1 atom stereocenters. The van der Waals surface area contributed by atoms with Crippen LogP contribution in [0.3, 0.4) is 0 Å². The van der Waals surface area contributed by atoms with E-state index in [2.05, 4.69) is 20.9 Å². The normalized spacial score (nSPS) is 11.7. The molecule has 2 aromatic rings. The van der Waals surface area contributed by atoms with E-state index in [9.17, 15) is 4.79 Å². The zero-order valence-electron chi connectivity index (χ0n) is 17.3. The maximum Gasteiger partial charge on any atom is 0.252 e. The molecular weight excluding hydrogens is 519 g/mol. The van der Waals surface area contributed by atoms with Gasteiger partial charge in [0.15, 0.2) is 5.96 Å². The summed E-state index contributed by atoms with van der Waals surface area (Å²) in [6, 6.07) is 14.4. The van der Waals surface area contributed by atoms with E-state index >= 15 is 0 Å². The van der Waals surface area contributed by atoms with Crippen LogP contribution >= 0.6 is 35.6 Å². The molecule has 0 fully saturated rings. The van der Waals surface area contributed by atoms with Gasteiger partial charge in [0.1, 0.15) is 17.6 Å². The van der Waals surface area contributed by atoms with Crippen molar-refractivity contribution in [3.63, 3.8) is 0 Å². The highest BCUT2D eigenvalue weighted by Gasteiger charge is 2.09. The lowest BCUT2D eigenvalue weighted by Crippen LogP contribution is -2.44. The molecule has 0 aliphatic rings. The number of rotatable bonds is 9. The lowest BCUT2D eigenvalue weighted by Gasteiger charge is -2.18. The number of methoxy groups -OCH3 is 1. The highest BCUT2D eigenvalue weighted by molar-refractivity contribution is 14.0. The second-order valence-corrected chi connectivity index (χ2v) is 6.63. The molecule has 2 rings (SSSR count). The van der Waals surface area contributed by atoms with Crippen LogP contribution in [0.4, 0.5) is 0 Å². The lowest BCUT2D eigenvalue weighted by molar-refractivity contribution is 0.0954. The van der Waals surface area contributed by atoms with Crippen LogP contribution in [-0.4, -0.2) is 51.8 Å². The number of hydrogen-bond acceptors (Lipinski definition) is 4. The third kappa shape index (κ3) is 8.66. The first-order valence-electron chi connectivity index (χ1n) is 9.31. The summed E-state index contributed by atoms with van der Waals surface area (Å²) < 4.78 is 11.1. The SMILES string of the molecule is CN=C(NCCNC(=O)c1ccccc1Cl)NCC(C)Oc1cccc(OC)c1.I. The molecule has 7 nitrogen and oxygen atoms in total. The zero-order valence-corrected chi connectivity index (χ0v) is 20.4. The number of nitrogens with one attached hydrogen (secondary N) is 3. The Morgan fingerprint density at radius 3 is 2.47 bits per heavy atom. The first-order valence-corrected chi connectivity index (χ1v) is 9.69. The smallest absolute Gasteiger partial charge is 0.252 e. The quantitative estimate of drug-likeness (QED) is 0.195. The number of amides is 1. The van der Waals surface area contributed by atoms with Crippen LogP contribution in [0.5, 0.6) is 11.5 Å². The number of ether oxygens (including phenoxy) is 2. The van der Waals surface area contributed by atoms with Gasteiger partial charge in [-0.15, -0.1) is 24.0 Å². The Morgan fingerprint density at radius 1 is 1.07 bits per heavy atom. The molecule has 0 aliphatic heterocycles. The summed E-state index contributed by atoms with van der Waals surface area (Å²) >= 11 is 6.03. The van der Waals surface area contributed by atoms with Gasteiger partial charge in [0.05, 0.1) is 24.2 Å². The van der Waals surface area contributed by atoms with E-state index in [0.29, 0.717) is 36.2 Å². The van der Waals surface area contributed by atoms with Crippen LogP contribution in [0.1, 0.15) is 17.3 Å². The Balaban J connectivity index is 0.00000450. The Morgan fingerprint density at radius 2 is 1.77 bits per heavy atom. The molecule has 9 heteroatoms. The monoisotopic (exact) mass is 546 g/mol. The summed E-state index contributed by atoms with van der Waals surface area (Å²) in [5.74, 6) is 1.90. The third-order valence-electron chi connectivity index (χ3n) is 3.98. The van der Waals surface area contributed by atoms with Gasteiger partial charge in [-0.1, -0.05) is 29.8 Å². The van der Waals surface area contributed by atoms with Crippen LogP contribution in [0.15, 0.2) is 53.5 Å². The van der Waals surface area contributed by atoms with Crippen LogP contribution in [-0.2, 0) is 0 Å². The molecule has 0 aliphatic carbocycles. The predicted molar refractivity (Wildman–Crippen MR) is 132 cm³/mol. The Kier molecular flexibility index (Phi) is 12.0. The summed E-state index contributed by atoms with van der Waals surface area (Å²) in [5, 5.41) is 9.59. The maximum absolute atomic E-state index is 12.1. The van der Waals surface area contributed by atoms with E-state index in [1.165, 1.54) is 0 Å². The Bertz CT molecular complexity index is 835. The number of carbonyl (C=O) groups excluding carboxylic acids is 1. The number of nitrogens with zero attached hydrogens (tertiary/aromatic N) is 1. The van der Waals surface area contributed by atoms with E-state index in [1.807, 2.05) is 31.2 Å². The minimum atomic E-state index is -0.208. The maximum atomic E-state index is 12.1. The number of halogens is 2. The first-order chi connectivity index (χ1) is 14.0. The number of aliphatic imine (C=N–C) groups is 1. The molecule has 3 N–H and O–H groups in total. The van der Waals surface area contributed by atoms with Crippen molar-refractivity contribution in [2.75, 3.05) is 33.8 Å². The molecule has 1 amide bonds. The van der Waals surface area contributed by atoms with Gasteiger partial charge in [0.2, 0.25) is 0 Å². The summed E-state index contributed by atoms with van der Waals surface area (Å²) in [6.07, 6.45) is -0.0828. The van der Waals surface area contributed by atoms with Crippen LogP contribution in [0.25, 0.3) is 0 Å². The molecule has 0 bridgehead atoms. The minimum absolute atomic E-state index is 0. The number of guanidine groups is 1. The van der Waals surface area contributed by atoms with Gasteiger partial charge in [-0.2, -0.15) is 0 Å². The fourth-order valence-electron chi connectivity index (χ4n) is 2.51. The average molecular weight is 547 g/mol. The molecule has 1 unspecified atom stereocenters. The summed E-state index contributed by atoms with van der Waals surface area (Å²) in [6.45, 7) is 3.47. The molecule has 0 spiro atoms. The summed E-state index contributed by atoms with van der Waals surface area (Å²) in [5.41, 5.74) is 0.459. The topological polar surface area (TPSA) is 84.0 Å². The second kappa shape index (κ2) is 13.9. The van der Waals surface area contributed by atoms with E-state index in [-0.39, 0.29) is 36.0 Å². The highest BCUT2D eigenvalue weighted by atomic mass is 127. The van der Waals surface area contributed by atoms with Crippen molar-refractivity contribution in [2.24, 2.45) is 4.99 Å². The van der Waals surface area contributed by atoms with Gasteiger partial charge < -0.3 is 25.4 Å². The van der Waals surface area contributed by atoms with Crippen molar-refractivity contribution in [1.82, 2.24) is 16.0 Å². The molecule has 0 saturated heterocycles. The number of carbonyl (C=O) groups is 1. The van der Waals surface area contributed by atoms with Crippen LogP contribution in [0.2, 0.25) is 5.02 Å². The first kappa shape index (κ1) is 25.8. The summed E-state index contributed by atoms with van der Waals surface area (Å²) in [7, 11) is 3.31. The number of hydrogen-bond donors (Lipinski definition) is 3. The van der Waals surface area contributed by atoms with E-state index in [4.69, 9.17) is 21.1 Å². The van der Waals surface area contributed by atoms with Gasteiger partial charge >= 0.3 is 0 Å². The molecule has 30 heavy (non-hydrogen) atoms. The largest absolute Gasteiger partial charge is 0.497 e. The van der Waals surface area contributed by atoms with Gasteiger partial charge in [-0.3, -0.25) is 9.79 Å². The van der Waals surface area contributed by atoms with E-state index in [0.717, 1.165) is 11.5 Å². The summed E-state index contributed by atoms with van der Waals surface area (Å²) in [4.78, 5) is 16.3. The van der Waals surface area contributed by atoms with Crippen molar-refractivity contribution in [3.05, 3.63) is 59.1 Å². The van der Waals surface area contributed by atoms with Gasteiger partial charge in [-0.05, 0) is 31.2 Å². The van der Waals surface area contributed by atoms with E-state index < -0.39 is 0 Å². The van der Waals surface area contributed by atoms with Crippen LogP contribution in [0, 0.1) is 0 Å². The molecule has 164 valence electrons. The van der Waals surface area contributed by atoms with Crippen molar-refractivity contribution in [1.29, 1.82) is 0 Å². The predicted octanol–water partition coefficient (Wildman–Crippen LogP) is 3.33. The average Bonchev–Trinajstić information content (AvgIpc) is 2.73. The van der Waals surface area contributed by atoms with Crippen molar-refractivity contribution in [3.8, 4) is 11.5 Å². The third-order valence-corrected chi connectivity index (χ3v) is 4.31. The molecule has 2 aromatic carbocycles. The zero-order chi connectivity index (χ0) is 21.1. The van der Waals surface area contributed by atoms with Crippen LogP contribution < -0.4 is 25.4 Å². The van der Waals surface area contributed by atoms with Gasteiger partial charge in [0, 0.05) is 26.2 Å². The minimum Gasteiger partial charge on any atom is -0.497 e. The van der Waals surface area contributed by atoms with Crippen molar-refractivity contribution < 1.29 is 14.3 Å². The molecule has 0 radical (unpaired) electrons. The standard InChI is InChI=1S/C21H27ClN4O3.HI/c1-15(29-17-8-6-7-16(13-17)28-3)14-26-21(23-2)25-12-11-24-20(27)18-9-4-5-10-19(18)22;/h4-10,13,15H,11-12,14H2,1-3H3,(H,24,27)(H2,23,25,26);1H. The Labute approximate surface area is 199 Å². The molecular formula is C21H28ClIN4O3. The van der Waals surface area contributed by atoms with E-state index in [1.54, 1.807) is 38.4 Å². The molecule has 0 heterocycles. The Hall–Kier alpha value is -2.20.